The number of thiophene rings is 1. The molecule has 0 atom stereocenters. The topological polar surface area (TPSA) is 124 Å². The third-order valence-corrected chi connectivity index (χ3v) is 9.01. The predicted molar refractivity (Wildman–Crippen MR) is 170 cm³/mol. The molecule has 0 spiro atoms. The number of amides is 1. The first-order chi connectivity index (χ1) is 20.9. The second kappa shape index (κ2) is 13.9. The van der Waals surface area contributed by atoms with E-state index in [1.807, 2.05) is 13.8 Å². The Morgan fingerprint density at radius 2 is 1.80 bits per heavy atom. The number of nitrogens with zero attached hydrogens (tertiary/aromatic N) is 6. The van der Waals surface area contributed by atoms with Crippen molar-refractivity contribution in [1.82, 2.24) is 29.0 Å². The maximum absolute atomic E-state index is 14.1. The van der Waals surface area contributed by atoms with Crippen molar-refractivity contribution in [2.45, 2.75) is 72.4 Å². The van der Waals surface area contributed by atoms with E-state index >= 15 is 0 Å². The van der Waals surface area contributed by atoms with Gasteiger partial charge in [0.25, 0.3) is 5.56 Å². The molecule has 1 aromatic carbocycles. The van der Waals surface area contributed by atoms with E-state index in [2.05, 4.69) is 10.2 Å². The van der Waals surface area contributed by atoms with Crippen LogP contribution in [0.4, 0.5) is 4.39 Å². The number of hydrogen-bond donors (Lipinski definition) is 1. The molecule has 44 heavy (non-hydrogen) atoms. The van der Waals surface area contributed by atoms with Gasteiger partial charge in [-0.1, -0.05) is 25.2 Å². The van der Waals surface area contributed by atoms with Crippen molar-refractivity contribution >= 4 is 27.5 Å². The van der Waals surface area contributed by atoms with Crippen molar-refractivity contribution < 1.29 is 20.5 Å². The summed E-state index contributed by atoms with van der Waals surface area (Å²) in [7, 11) is 1.50. The number of aliphatic hydroxyl groups is 1. The van der Waals surface area contributed by atoms with E-state index in [1.165, 1.54) is 52.3 Å². The van der Waals surface area contributed by atoms with Crippen molar-refractivity contribution in [2.24, 2.45) is 5.92 Å². The normalized spacial score (nSPS) is 13.7. The van der Waals surface area contributed by atoms with E-state index in [9.17, 15) is 18.8 Å². The number of methoxy groups -OCH3 is 1. The van der Waals surface area contributed by atoms with Crippen LogP contribution >= 0.6 is 11.3 Å². The molecule has 13 heteroatoms. The minimum atomic E-state index is -1.42. The molecule has 0 bridgehead atoms. The molecule has 0 aliphatic carbocycles. The van der Waals surface area contributed by atoms with Gasteiger partial charge in [-0.3, -0.25) is 14.2 Å². The van der Waals surface area contributed by atoms with Gasteiger partial charge in [0.1, 0.15) is 26.9 Å². The summed E-state index contributed by atoms with van der Waals surface area (Å²) in [6.07, 6.45) is 6.15. The minimum Gasteiger partial charge on any atom is -0.496 e. The Hall–Kier alpha value is -3.84. The van der Waals surface area contributed by atoms with Crippen LogP contribution in [0.1, 0.15) is 59.5 Å². The standard InChI is InChI=1S/C27H31FN6O4S.C4H10O.H2/c1-17-21-22(35)33(27(2,3)25(36)31-13-6-5-7-14-31)26(37)32(24(21)39-23(17)34-29-11-12-30-34)15-10-18-16-19(28)8-9-20(18)38-4;1-4(2)3-5;/h8-9,11-12,16H,5-7,10,13-15H2,1-4H3;4-5H,3H2,1-2H3;1H. The molecule has 5 rings (SSSR count). The van der Waals surface area contributed by atoms with Crippen LogP contribution < -0.4 is 16.0 Å². The Labute approximate surface area is 261 Å². The molecular formula is C31H43FN6O5S. The van der Waals surface area contributed by atoms with Crippen LogP contribution in [0.5, 0.6) is 5.75 Å². The second-order valence-corrected chi connectivity index (χ2v) is 12.8. The first-order valence-electron chi connectivity index (χ1n) is 14.8. The molecule has 0 unspecified atom stereocenters. The summed E-state index contributed by atoms with van der Waals surface area (Å²) in [5.74, 6) is 0.259. The van der Waals surface area contributed by atoms with Crippen LogP contribution in [-0.2, 0) is 23.3 Å². The average Bonchev–Trinajstić information content (AvgIpc) is 3.65. The number of hydrogen-bond acceptors (Lipinski definition) is 8. The molecule has 1 aliphatic rings. The largest absolute Gasteiger partial charge is 0.496 e. The van der Waals surface area contributed by atoms with E-state index in [0.29, 0.717) is 57.7 Å². The maximum atomic E-state index is 14.1. The molecule has 0 saturated carbocycles. The number of halogens is 1. The number of aryl methyl sites for hydroxylation is 3. The van der Waals surface area contributed by atoms with Gasteiger partial charge in [0.2, 0.25) is 5.91 Å². The van der Waals surface area contributed by atoms with Crippen molar-refractivity contribution in [3.05, 3.63) is 68.4 Å². The fourth-order valence-electron chi connectivity index (χ4n) is 5.29. The molecule has 4 aromatic rings. The molecule has 1 amide bonds. The zero-order valence-corrected chi connectivity index (χ0v) is 27.0. The number of rotatable bonds is 8. The molecule has 240 valence electrons. The molecule has 1 fully saturated rings. The maximum Gasteiger partial charge on any atom is 0.333 e. The number of likely N-dealkylation sites (tertiary alicyclic amines) is 1. The lowest BCUT2D eigenvalue weighted by Crippen LogP contribution is -2.57. The molecule has 1 N–H and O–H groups in total. The molecule has 3 aromatic heterocycles. The summed E-state index contributed by atoms with van der Waals surface area (Å²) in [4.78, 5) is 45.4. The number of ether oxygens (including phenoxy) is 1. The summed E-state index contributed by atoms with van der Waals surface area (Å²) in [6, 6.07) is 4.23. The highest BCUT2D eigenvalue weighted by Gasteiger charge is 2.38. The average molecular weight is 631 g/mol. The number of fused-ring (bicyclic) bond motifs is 1. The van der Waals surface area contributed by atoms with Crippen LogP contribution in [0.2, 0.25) is 0 Å². The van der Waals surface area contributed by atoms with Crippen LogP contribution in [0.3, 0.4) is 0 Å². The first kappa shape index (κ1) is 33.1. The summed E-state index contributed by atoms with van der Waals surface area (Å²) in [5, 5.41) is 17.5. The molecular weight excluding hydrogens is 587 g/mol. The number of carbonyl (C=O) groups is 1. The number of aliphatic hydroxyl groups excluding tert-OH is 1. The van der Waals surface area contributed by atoms with E-state index in [1.54, 1.807) is 31.7 Å². The van der Waals surface area contributed by atoms with Crippen molar-refractivity contribution in [2.75, 3.05) is 26.8 Å². The van der Waals surface area contributed by atoms with Gasteiger partial charge < -0.3 is 14.7 Å². The Bertz CT molecular complexity index is 1720. The first-order valence-corrected chi connectivity index (χ1v) is 15.6. The molecule has 11 nitrogen and oxygen atoms in total. The Balaban J connectivity index is 0.000000854. The lowest BCUT2D eigenvalue weighted by atomic mass is 10.00. The molecule has 1 aliphatic heterocycles. The zero-order chi connectivity index (χ0) is 32.2. The van der Waals surface area contributed by atoms with Gasteiger partial charge >= 0.3 is 5.69 Å². The lowest BCUT2D eigenvalue weighted by Gasteiger charge is -2.35. The van der Waals surface area contributed by atoms with Crippen LogP contribution in [0, 0.1) is 18.7 Å². The summed E-state index contributed by atoms with van der Waals surface area (Å²) < 4.78 is 22.0. The van der Waals surface area contributed by atoms with E-state index in [0.717, 1.165) is 23.8 Å². The number of piperidine rings is 1. The van der Waals surface area contributed by atoms with Crippen LogP contribution in [-0.4, -0.2) is 66.8 Å². The number of aromatic nitrogens is 5. The van der Waals surface area contributed by atoms with Crippen molar-refractivity contribution in [1.29, 1.82) is 0 Å². The lowest BCUT2D eigenvalue weighted by molar-refractivity contribution is -0.140. The molecule has 4 heterocycles. The van der Waals surface area contributed by atoms with Gasteiger partial charge in [0.15, 0.2) is 0 Å². The minimum absolute atomic E-state index is 0. The van der Waals surface area contributed by atoms with Gasteiger partial charge in [0, 0.05) is 33.2 Å². The van der Waals surface area contributed by atoms with E-state index < -0.39 is 22.6 Å². The smallest absolute Gasteiger partial charge is 0.333 e. The highest BCUT2D eigenvalue weighted by atomic mass is 32.1. The third-order valence-electron chi connectivity index (χ3n) is 7.73. The third kappa shape index (κ3) is 6.63. The van der Waals surface area contributed by atoms with Gasteiger partial charge in [0.05, 0.1) is 24.9 Å². The van der Waals surface area contributed by atoms with E-state index in [-0.39, 0.29) is 20.3 Å². The summed E-state index contributed by atoms with van der Waals surface area (Å²) in [5.41, 5.74) is -1.35. The SMILES string of the molecule is CC(C)CO.COc1ccc(F)cc1CCn1c(=O)n(C(C)(C)C(=O)N2CCCCC2)c(=O)c2c(C)c(-n3nccn3)sc21.[HH]. The molecule has 1 saturated heterocycles. The Morgan fingerprint density at radius 1 is 1.16 bits per heavy atom. The zero-order valence-electron chi connectivity index (χ0n) is 26.2. The van der Waals surface area contributed by atoms with Gasteiger partial charge in [-0.15, -0.1) is 4.80 Å². The fourth-order valence-corrected chi connectivity index (χ4v) is 6.53. The second-order valence-electron chi connectivity index (χ2n) is 11.8. The van der Waals surface area contributed by atoms with E-state index in [4.69, 9.17) is 9.84 Å². The Kier molecular flexibility index (Phi) is 10.4. The van der Waals surface area contributed by atoms with Crippen LogP contribution in [0.15, 0.2) is 40.2 Å². The fraction of sp³-hybridized carbons (Fsp3) is 0.516. The predicted octanol–water partition coefficient (Wildman–Crippen LogP) is 4.13. The number of carbonyl (C=O) groups excluding carboxylic acids is 1. The summed E-state index contributed by atoms with van der Waals surface area (Å²) >= 11 is 1.23. The molecule has 0 radical (unpaired) electrons. The van der Waals surface area contributed by atoms with Gasteiger partial charge in [-0.05, 0) is 76.1 Å². The van der Waals surface area contributed by atoms with Gasteiger partial charge in [-0.25, -0.2) is 13.8 Å². The highest BCUT2D eigenvalue weighted by molar-refractivity contribution is 7.21. The number of benzene rings is 1. The highest BCUT2D eigenvalue weighted by Crippen LogP contribution is 2.31. The Morgan fingerprint density at radius 3 is 2.39 bits per heavy atom. The van der Waals surface area contributed by atoms with Gasteiger partial charge in [-0.2, -0.15) is 10.2 Å². The summed E-state index contributed by atoms with van der Waals surface area (Å²) in [6.45, 7) is 10.6. The quantitative estimate of drug-likeness (QED) is 0.310. The van der Waals surface area contributed by atoms with Crippen molar-refractivity contribution in [3.8, 4) is 10.8 Å². The monoisotopic (exact) mass is 630 g/mol. The van der Waals surface area contributed by atoms with Crippen LogP contribution in [0.25, 0.3) is 15.2 Å². The van der Waals surface area contributed by atoms with Crippen molar-refractivity contribution in [3.63, 3.8) is 0 Å².